The highest BCUT2D eigenvalue weighted by atomic mass is 16.3. The van der Waals surface area contributed by atoms with E-state index in [2.05, 4.69) is 37.3 Å². The lowest BCUT2D eigenvalue weighted by atomic mass is 9.67. The van der Waals surface area contributed by atoms with Crippen LogP contribution >= 0.6 is 0 Å². The second kappa shape index (κ2) is 7.09. The average Bonchev–Trinajstić information content (AvgIpc) is 2.48. The summed E-state index contributed by atoms with van der Waals surface area (Å²) in [5.41, 5.74) is 1.54. The topological polar surface area (TPSA) is 20.2 Å². The quantitative estimate of drug-likeness (QED) is 0.793. The molecule has 1 aromatic rings. The van der Waals surface area contributed by atoms with Crippen LogP contribution < -0.4 is 0 Å². The van der Waals surface area contributed by atoms with Crippen LogP contribution in [0, 0.1) is 11.3 Å². The Labute approximate surface area is 118 Å². The lowest BCUT2D eigenvalue weighted by Gasteiger charge is -2.39. The number of hydrogen-bond acceptors (Lipinski definition) is 1. The van der Waals surface area contributed by atoms with Gasteiger partial charge in [-0.05, 0) is 49.0 Å². The Kier molecular flexibility index (Phi) is 5.45. The number of hydrogen-bond donors (Lipinski definition) is 1. The van der Waals surface area contributed by atoms with E-state index in [4.69, 9.17) is 0 Å². The normalized spacial score (nSPS) is 27.4. The first-order chi connectivity index (χ1) is 9.28. The van der Waals surface area contributed by atoms with E-state index in [0.29, 0.717) is 6.61 Å². The Hall–Kier alpha value is -0.820. The third-order valence-corrected chi connectivity index (χ3v) is 4.89. The van der Waals surface area contributed by atoms with Gasteiger partial charge in [0.2, 0.25) is 0 Å². The van der Waals surface area contributed by atoms with Crippen molar-refractivity contribution in [3.63, 3.8) is 0 Å². The molecule has 0 aromatic heterocycles. The van der Waals surface area contributed by atoms with E-state index in [0.717, 1.165) is 12.3 Å². The molecule has 0 amide bonds. The summed E-state index contributed by atoms with van der Waals surface area (Å²) in [7, 11) is 0. The standard InChI is InChI=1S/C18H28O/c1-2-3-7-16-10-12-18(15-19,13-11-16)14-17-8-5-4-6-9-17/h4-6,8-9,16,19H,2-3,7,10-15H2,1H3. The van der Waals surface area contributed by atoms with Crippen molar-refractivity contribution in [3.8, 4) is 0 Å². The summed E-state index contributed by atoms with van der Waals surface area (Å²) in [6.07, 6.45) is 10.1. The third kappa shape index (κ3) is 4.07. The molecule has 0 unspecified atom stereocenters. The highest BCUT2D eigenvalue weighted by Gasteiger charge is 2.34. The zero-order chi connectivity index (χ0) is 13.6. The summed E-state index contributed by atoms with van der Waals surface area (Å²) >= 11 is 0. The number of aliphatic hydroxyl groups excluding tert-OH is 1. The first-order valence-electron chi connectivity index (χ1n) is 7.93. The molecule has 0 atom stereocenters. The van der Waals surface area contributed by atoms with Crippen LogP contribution in [0.2, 0.25) is 0 Å². The molecule has 0 saturated heterocycles. The fourth-order valence-corrected chi connectivity index (χ4v) is 3.49. The fraction of sp³-hybridized carbons (Fsp3) is 0.667. The van der Waals surface area contributed by atoms with Crippen molar-refractivity contribution < 1.29 is 5.11 Å². The molecule has 1 nitrogen and oxygen atoms in total. The second-order valence-corrected chi connectivity index (χ2v) is 6.41. The fourth-order valence-electron chi connectivity index (χ4n) is 3.49. The minimum absolute atomic E-state index is 0.157. The molecule has 1 fully saturated rings. The maximum atomic E-state index is 9.87. The van der Waals surface area contributed by atoms with Gasteiger partial charge in [0.05, 0.1) is 0 Å². The zero-order valence-corrected chi connectivity index (χ0v) is 12.3. The van der Waals surface area contributed by atoms with Gasteiger partial charge in [0.15, 0.2) is 0 Å². The van der Waals surface area contributed by atoms with Crippen LogP contribution in [-0.2, 0) is 6.42 Å². The largest absolute Gasteiger partial charge is 0.396 e. The van der Waals surface area contributed by atoms with Crippen molar-refractivity contribution in [2.45, 2.75) is 58.3 Å². The van der Waals surface area contributed by atoms with Crippen molar-refractivity contribution in [1.29, 1.82) is 0 Å². The van der Waals surface area contributed by atoms with Crippen molar-refractivity contribution in [1.82, 2.24) is 0 Å². The predicted octanol–water partition coefficient (Wildman–Crippen LogP) is 4.59. The van der Waals surface area contributed by atoms with Gasteiger partial charge in [0.25, 0.3) is 0 Å². The van der Waals surface area contributed by atoms with Gasteiger partial charge in [-0.15, -0.1) is 0 Å². The Bertz CT molecular complexity index is 349. The van der Waals surface area contributed by atoms with Crippen molar-refractivity contribution in [2.24, 2.45) is 11.3 Å². The van der Waals surface area contributed by atoms with E-state index < -0.39 is 0 Å². The molecule has 1 aliphatic rings. The maximum Gasteiger partial charge on any atom is 0.0490 e. The molecule has 0 bridgehead atoms. The molecule has 1 aromatic carbocycles. The third-order valence-electron chi connectivity index (χ3n) is 4.89. The van der Waals surface area contributed by atoms with Crippen LogP contribution in [0.25, 0.3) is 0 Å². The molecule has 0 spiro atoms. The second-order valence-electron chi connectivity index (χ2n) is 6.41. The maximum absolute atomic E-state index is 9.87. The van der Waals surface area contributed by atoms with Crippen molar-refractivity contribution in [2.75, 3.05) is 6.61 Å². The first kappa shape index (κ1) is 14.6. The summed E-state index contributed by atoms with van der Waals surface area (Å²) in [6.45, 7) is 2.62. The molecule has 0 aliphatic heterocycles. The van der Waals surface area contributed by atoms with Gasteiger partial charge in [-0.2, -0.15) is 0 Å². The summed E-state index contributed by atoms with van der Waals surface area (Å²) in [5, 5.41) is 9.87. The molecule has 1 aliphatic carbocycles. The zero-order valence-electron chi connectivity index (χ0n) is 12.3. The SMILES string of the molecule is CCCCC1CCC(CO)(Cc2ccccc2)CC1. The van der Waals surface area contributed by atoms with Crippen LogP contribution in [0.5, 0.6) is 0 Å². The Balaban J connectivity index is 1.90. The van der Waals surface area contributed by atoms with Gasteiger partial charge in [0.1, 0.15) is 0 Å². The summed E-state index contributed by atoms with van der Waals surface area (Å²) in [4.78, 5) is 0. The molecule has 0 heterocycles. The van der Waals surface area contributed by atoms with Crippen LogP contribution in [0.1, 0.15) is 57.4 Å². The molecule has 0 radical (unpaired) electrons. The number of unbranched alkanes of at least 4 members (excludes halogenated alkanes) is 1. The molecular formula is C18H28O. The molecule has 1 saturated carbocycles. The van der Waals surface area contributed by atoms with E-state index >= 15 is 0 Å². The van der Waals surface area contributed by atoms with Crippen LogP contribution in [-0.4, -0.2) is 11.7 Å². The van der Waals surface area contributed by atoms with E-state index in [1.165, 1.54) is 50.5 Å². The van der Waals surface area contributed by atoms with Gasteiger partial charge in [-0.3, -0.25) is 0 Å². The number of benzene rings is 1. The van der Waals surface area contributed by atoms with Crippen molar-refractivity contribution in [3.05, 3.63) is 35.9 Å². The van der Waals surface area contributed by atoms with E-state index in [-0.39, 0.29) is 5.41 Å². The highest BCUT2D eigenvalue weighted by Crippen LogP contribution is 2.42. The van der Waals surface area contributed by atoms with E-state index in [9.17, 15) is 5.11 Å². The summed E-state index contributed by atoms with van der Waals surface area (Å²) in [5.74, 6) is 0.912. The highest BCUT2D eigenvalue weighted by molar-refractivity contribution is 5.17. The lowest BCUT2D eigenvalue weighted by Crippen LogP contribution is -2.33. The number of rotatable bonds is 6. The molecular weight excluding hydrogens is 232 g/mol. The van der Waals surface area contributed by atoms with Gasteiger partial charge < -0.3 is 5.11 Å². The minimum Gasteiger partial charge on any atom is -0.396 e. The van der Waals surface area contributed by atoms with Crippen LogP contribution in [0.4, 0.5) is 0 Å². The van der Waals surface area contributed by atoms with E-state index in [1.54, 1.807) is 0 Å². The Morgan fingerprint density at radius 3 is 2.42 bits per heavy atom. The summed E-state index contributed by atoms with van der Waals surface area (Å²) < 4.78 is 0. The molecule has 2 rings (SSSR count). The Morgan fingerprint density at radius 2 is 1.84 bits per heavy atom. The Morgan fingerprint density at radius 1 is 1.16 bits per heavy atom. The molecule has 19 heavy (non-hydrogen) atoms. The monoisotopic (exact) mass is 260 g/mol. The number of aliphatic hydroxyl groups is 1. The molecule has 106 valence electrons. The molecule has 1 N–H and O–H groups in total. The van der Waals surface area contributed by atoms with Gasteiger partial charge in [-0.25, -0.2) is 0 Å². The smallest absolute Gasteiger partial charge is 0.0490 e. The minimum atomic E-state index is 0.157. The van der Waals surface area contributed by atoms with E-state index in [1.807, 2.05) is 0 Å². The van der Waals surface area contributed by atoms with Gasteiger partial charge >= 0.3 is 0 Å². The summed E-state index contributed by atoms with van der Waals surface area (Å²) in [6, 6.07) is 10.7. The molecule has 1 heteroatoms. The van der Waals surface area contributed by atoms with Crippen LogP contribution in [0.3, 0.4) is 0 Å². The average molecular weight is 260 g/mol. The lowest BCUT2D eigenvalue weighted by molar-refractivity contribution is 0.0621. The van der Waals surface area contributed by atoms with Gasteiger partial charge in [0, 0.05) is 6.61 Å². The first-order valence-corrected chi connectivity index (χ1v) is 7.93. The van der Waals surface area contributed by atoms with Gasteiger partial charge in [-0.1, -0.05) is 56.5 Å². The predicted molar refractivity (Wildman–Crippen MR) is 81.1 cm³/mol. The van der Waals surface area contributed by atoms with Crippen LogP contribution in [0.15, 0.2) is 30.3 Å². The van der Waals surface area contributed by atoms with Crippen molar-refractivity contribution >= 4 is 0 Å².